The first kappa shape index (κ1) is 23.6. The van der Waals surface area contributed by atoms with E-state index in [0.717, 1.165) is 39.4 Å². The molecular weight excluding hydrogens is 478 g/mol. The third-order valence-electron chi connectivity index (χ3n) is 7.37. The van der Waals surface area contributed by atoms with E-state index in [2.05, 4.69) is 22.0 Å². The van der Waals surface area contributed by atoms with Crippen molar-refractivity contribution in [3.05, 3.63) is 71.2 Å². The Morgan fingerprint density at radius 3 is 2.70 bits per heavy atom. The lowest BCUT2D eigenvalue weighted by atomic mass is 9.86. The van der Waals surface area contributed by atoms with Gasteiger partial charge in [0.05, 0.1) is 35.6 Å². The Morgan fingerprint density at radius 1 is 1.16 bits per heavy atom. The molecule has 1 unspecified atom stereocenters. The van der Waals surface area contributed by atoms with Crippen LogP contribution in [0.3, 0.4) is 0 Å². The molecule has 2 aliphatic rings. The number of halogens is 2. The van der Waals surface area contributed by atoms with Crippen molar-refractivity contribution in [1.82, 2.24) is 30.5 Å². The van der Waals surface area contributed by atoms with Crippen LogP contribution < -0.4 is 15.7 Å². The van der Waals surface area contributed by atoms with Gasteiger partial charge in [-0.15, -0.1) is 5.53 Å². The molecule has 1 fully saturated rings. The second-order valence-corrected chi connectivity index (χ2v) is 9.49. The summed E-state index contributed by atoms with van der Waals surface area (Å²) in [5.74, 6) is -1.31. The molecule has 2 N–H and O–H groups in total. The van der Waals surface area contributed by atoms with Crippen LogP contribution in [-0.2, 0) is 4.74 Å². The molecule has 5 heterocycles. The number of hydrazine groups is 2. The minimum absolute atomic E-state index is 0.00384. The Kier molecular flexibility index (Phi) is 5.92. The quantitative estimate of drug-likeness (QED) is 0.412. The van der Waals surface area contributed by atoms with E-state index < -0.39 is 17.7 Å². The van der Waals surface area contributed by atoms with Crippen LogP contribution in [0.5, 0.6) is 5.88 Å². The van der Waals surface area contributed by atoms with Gasteiger partial charge in [-0.25, -0.2) is 13.8 Å². The van der Waals surface area contributed by atoms with E-state index in [9.17, 15) is 4.39 Å². The summed E-state index contributed by atoms with van der Waals surface area (Å²) in [6.45, 7) is 3.09. The van der Waals surface area contributed by atoms with Crippen molar-refractivity contribution in [3.8, 4) is 5.88 Å². The fraction of sp³-hybridized carbons (Fsp3) is 0.333. The number of nitrogens with one attached hydrogen (secondary N) is 2. The molecule has 3 aromatic heterocycles. The van der Waals surface area contributed by atoms with Gasteiger partial charge in [-0.1, -0.05) is 12.1 Å². The van der Waals surface area contributed by atoms with Crippen molar-refractivity contribution in [1.29, 1.82) is 0 Å². The Balaban J connectivity index is 1.70. The number of rotatable bonds is 5. The fourth-order valence-corrected chi connectivity index (χ4v) is 5.72. The average molecular weight is 507 g/mol. The van der Waals surface area contributed by atoms with E-state index in [1.807, 2.05) is 35.8 Å². The zero-order chi connectivity index (χ0) is 25.7. The van der Waals surface area contributed by atoms with E-state index in [0.29, 0.717) is 43.0 Å². The molecule has 0 bridgehead atoms. The molecule has 37 heavy (non-hydrogen) atoms. The number of pyridine rings is 2. The number of hydrogen-bond donors (Lipinski definition) is 2. The summed E-state index contributed by atoms with van der Waals surface area (Å²) >= 11 is 0. The number of nitrogens with zero attached hydrogens (tertiary/aromatic N) is 4. The Labute approximate surface area is 212 Å². The van der Waals surface area contributed by atoms with Crippen molar-refractivity contribution >= 4 is 27.6 Å². The summed E-state index contributed by atoms with van der Waals surface area (Å²) in [5, 5.41) is 2.72. The number of allylic oxidation sites excluding steroid dienone is 1. The van der Waals surface area contributed by atoms with Crippen LogP contribution in [0.15, 0.2) is 48.4 Å². The highest BCUT2D eigenvalue weighted by molar-refractivity contribution is 6.08. The molecule has 10 heteroatoms. The maximum atomic E-state index is 15.5. The summed E-state index contributed by atoms with van der Waals surface area (Å²) in [5.41, 5.74) is 11.5. The van der Waals surface area contributed by atoms with Crippen LogP contribution in [0.25, 0.3) is 27.6 Å². The summed E-state index contributed by atoms with van der Waals surface area (Å²) in [6.07, 6.45) is 4.92. The van der Waals surface area contributed by atoms with Crippen molar-refractivity contribution in [2.45, 2.75) is 25.8 Å². The van der Waals surface area contributed by atoms with Crippen molar-refractivity contribution in [2.75, 3.05) is 27.4 Å². The normalized spacial score (nSPS) is 17.6. The standard InChI is InChI=1S/C27H28F2N6O2/c1-15-24(34(2)33-32-15)17-13-21-23(31-14-17)19-7-10-30-27(36-3)26(19)35(21)25(16-8-11-37-12-9-16)18-5-4-6-20(28)22(18)29/h4-7,10,13-14,16,25,32-33H,8-9,11-12H2,1-3H3. The second kappa shape index (κ2) is 9.28. The van der Waals surface area contributed by atoms with Gasteiger partial charge in [-0.2, -0.15) is 0 Å². The van der Waals surface area contributed by atoms with Crippen LogP contribution in [0, 0.1) is 17.6 Å². The Morgan fingerprint density at radius 2 is 1.97 bits per heavy atom. The molecule has 0 saturated carbocycles. The van der Waals surface area contributed by atoms with Crippen LogP contribution >= 0.6 is 0 Å². The van der Waals surface area contributed by atoms with E-state index in [4.69, 9.17) is 14.5 Å². The third-order valence-corrected chi connectivity index (χ3v) is 7.37. The first-order valence-corrected chi connectivity index (χ1v) is 12.3. The van der Waals surface area contributed by atoms with E-state index in [1.54, 1.807) is 25.4 Å². The third kappa shape index (κ3) is 3.79. The molecule has 1 saturated heterocycles. The molecule has 2 aliphatic heterocycles. The molecule has 0 aliphatic carbocycles. The van der Waals surface area contributed by atoms with Crippen LogP contribution in [0.4, 0.5) is 8.78 Å². The smallest absolute Gasteiger partial charge is 0.238 e. The van der Waals surface area contributed by atoms with Gasteiger partial charge in [0.2, 0.25) is 5.88 Å². The first-order valence-electron chi connectivity index (χ1n) is 12.3. The first-order chi connectivity index (χ1) is 18.0. The van der Waals surface area contributed by atoms with Crippen LogP contribution in [0.1, 0.15) is 36.9 Å². The number of methoxy groups -OCH3 is 1. The molecular formula is C27H28F2N6O2. The topological polar surface area (TPSA) is 76.5 Å². The van der Waals surface area contributed by atoms with Gasteiger partial charge in [0.15, 0.2) is 11.6 Å². The molecule has 0 radical (unpaired) electrons. The lowest BCUT2D eigenvalue weighted by Crippen LogP contribution is -2.34. The van der Waals surface area contributed by atoms with Crippen molar-refractivity contribution < 1.29 is 18.3 Å². The molecule has 0 amide bonds. The zero-order valence-electron chi connectivity index (χ0n) is 20.9. The highest BCUT2D eigenvalue weighted by atomic mass is 19.2. The lowest BCUT2D eigenvalue weighted by Gasteiger charge is -2.33. The van der Waals surface area contributed by atoms with Gasteiger partial charge >= 0.3 is 0 Å². The average Bonchev–Trinajstić information content (AvgIpc) is 3.43. The Hall–Kier alpha value is -3.76. The summed E-state index contributed by atoms with van der Waals surface area (Å²) in [7, 11) is 3.48. The van der Waals surface area contributed by atoms with Crippen LogP contribution in [-0.4, -0.2) is 46.9 Å². The predicted octanol–water partition coefficient (Wildman–Crippen LogP) is 4.53. The number of aromatic nitrogens is 3. The lowest BCUT2D eigenvalue weighted by molar-refractivity contribution is 0.0547. The molecule has 8 nitrogen and oxygen atoms in total. The van der Waals surface area contributed by atoms with Gasteiger partial charge in [0.1, 0.15) is 5.52 Å². The highest BCUT2D eigenvalue weighted by Crippen LogP contribution is 2.43. The minimum atomic E-state index is -0.871. The molecule has 4 aromatic rings. The number of hydrogen-bond acceptors (Lipinski definition) is 7. The molecule has 6 rings (SSSR count). The number of benzene rings is 1. The largest absolute Gasteiger partial charge is 0.479 e. The monoisotopic (exact) mass is 506 g/mol. The number of ether oxygens (including phenoxy) is 2. The molecule has 0 spiro atoms. The van der Waals surface area contributed by atoms with Gasteiger partial charge in [-0.05, 0) is 43.9 Å². The SMILES string of the molecule is COc1nccc2c3ncc(C4=C(C)NNN4C)cc3n(C(c3cccc(F)c3F)C3CCOCC3)c12. The summed E-state index contributed by atoms with van der Waals surface area (Å²) < 4.78 is 43.5. The zero-order valence-corrected chi connectivity index (χ0v) is 20.9. The predicted molar refractivity (Wildman–Crippen MR) is 136 cm³/mol. The molecule has 1 aromatic carbocycles. The van der Waals surface area contributed by atoms with Gasteiger partial charge in [0, 0.05) is 49.2 Å². The van der Waals surface area contributed by atoms with Crippen LogP contribution in [0.2, 0.25) is 0 Å². The van der Waals surface area contributed by atoms with Gasteiger partial charge in [-0.3, -0.25) is 9.99 Å². The second-order valence-electron chi connectivity index (χ2n) is 9.49. The van der Waals surface area contributed by atoms with Crippen molar-refractivity contribution in [2.24, 2.45) is 5.92 Å². The van der Waals surface area contributed by atoms with Crippen molar-refractivity contribution in [3.63, 3.8) is 0 Å². The highest BCUT2D eigenvalue weighted by Gasteiger charge is 2.34. The molecule has 192 valence electrons. The fourth-order valence-electron chi connectivity index (χ4n) is 5.72. The minimum Gasteiger partial charge on any atom is -0.479 e. The summed E-state index contributed by atoms with van der Waals surface area (Å²) in [4.78, 5) is 9.33. The molecule has 1 atom stereocenters. The van der Waals surface area contributed by atoms with Gasteiger partial charge < -0.3 is 19.5 Å². The Bertz CT molecular complexity index is 1530. The maximum absolute atomic E-state index is 15.5. The number of fused-ring (bicyclic) bond motifs is 3. The van der Waals surface area contributed by atoms with E-state index in [-0.39, 0.29) is 5.92 Å². The van der Waals surface area contributed by atoms with E-state index in [1.165, 1.54) is 0 Å². The van der Waals surface area contributed by atoms with E-state index >= 15 is 4.39 Å². The van der Waals surface area contributed by atoms with Gasteiger partial charge in [0.25, 0.3) is 0 Å². The maximum Gasteiger partial charge on any atom is 0.238 e. The summed E-state index contributed by atoms with van der Waals surface area (Å²) in [6, 6.07) is 7.80.